The van der Waals surface area contributed by atoms with Gasteiger partial charge in [0.1, 0.15) is 17.4 Å². The lowest BCUT2D eigenvalue weighted by Crippen LogP contribution is -2.56. The molecule has 3 aromatic carbocycles. The Kier molecular flexibility index (Phi) is 10.3. The van der Waals surface area contributed by atoms with Crippen LogP contribution in [0.4, 0.5) is 5.69 Å². The summed E-state index contributed by atoms with van der Waals surface area (Å²) in [5, 5.41) is 3.69. The van der Waals surface area contributed by atoms with E-state index in [0.717, 1.165) is 49.7 Å². The summed E-state index contributed by atoms with van der Waals surface area (Å²) in [6, 6.07) is 19.8. The van der Waals surface area contributed by atoms with Gasteiger partial charge >= 0.3 is 0 Å². The summed E-state index contributed by atoms with van der Waals surface area (Å²) in [6.07, 6.45) is 3.40. The molecule has 2 fully saturated rings. The van der Waals surface area contributed by atoms with E-state index in [-0.39, 0.29) is 29.6 Å². The smallest absolute Gasteiger partial charge is 0.287 e. The highest BCUT2D eigenvalue weighted by atomic mass is 35.5. The maximum atomic E-state index is 14.0. The Labute approximate surface area is 284 Å². The number of hydrogen-bond donors (Lipinski definition) is 1. The predicted octanol–water partition coefficient (Wildman–Crippen LogP) is 5.16. The quantitative estimate of drug-likeness (QED) is 0.262. The zero-order valence-electron chi connectivity index (χ0n) is 27.0. The second-order valence-corrected chi connectivity index (χ2v) is 12.5. The van der Waals surface area contributed by atoms with Gasteiger partial charge in [-0.15, -0.1) is 0 Å². The van der Waals surface area contributed by atoms with Gasteiger partial charge in [0, 0.05) is 62.5 Å². The SMILES string of the molecule is CCOc1ccc2oc(C(=O)N[C@H](Cc3ccc(Cl)cc3)C(=O)N3CCN(c4ccccc4C(=O)N4CCCCC4)CC3)cc(=O)c2c1. The van der Waals surface area contributed by atoms with Crippen molar-refractivity contribution < 1.29 is 23.5 Å². The number of fused-ring (bicyclic) bond motifs is 1. The molecule has 2 saturated heterocycles. The van der Waals surface area contributed by atoms with Crippen molar-refractivity contribution >= 4 is 46.0 Å². The molecule has 4 aromatic rings. The van der Waals surface area contributed by atoms with Gasteiger partial charge in [0.05, 0.1) is 17.6 Å². The Hall–Kier alpha value is -4.83. The third-order valence-corrected chi connectivity index (χ3v) is 9.15. The third-order valence-electron chi connectivity index (χ3n) is 8.90. The van der Waals surface area contributed by atoms with Gasteiger partial charge in [-0.1, -0.05) is 35.9 Å². The molecule has 0 aliphatic carbocycles. The van der Waals surface area contributed by atoms with Crippen molar-refractivity contribution in [3.8, 4) is 5.75 Å². The number of anilines is 1. The van der Waals surface area contributed by atoms with Gasteiger partial charge < -0.3 is 29.2 Å². The van der Waals surface area contributed by atoms with Crippen LogP contribution in [-0.2, 0) is 11.2 Å². The number of para-hydroxylation sites is 1. The van der Waals surface area contributed by atoms with Crippen molar-refractivity contribution in [2.45, 2.75) is 38.6 Å². The summed E-state index contributed by atoms with van der Waals surface area (Å²) >= 11 is 6.10. The van der Waals surface area contributed by atoms with Crippen molar-refractivity contribution in [2.24, 2.45) is 0 Å². The molecule has 0 unspecified atom stereocenters. The molecular formula is C37H39ClN4O6. The van der Waals surface area contributed by atoms with Crippen LogP contribution in [0.2, 0.25) is 5.02 Å². The van der Waals surface area contributed by atoms with E-state index >= 15 is 0 Å². The van der Waals surface area contributed by atoms with E-state index in [4.69, 9.17) is 20.8 Å². The number of benzene rings is 3. The van der Waals surface area contributed by atoms with E-state index < -0.39 is 17.4 Å². The van der Waals surface area contributed by atoms with Gasteiger partial charge in [0.2, 0.25) is 5.91 Å². The Morgan fingerprint density at radius 1 is 0.875 bits per heavy atom. The minimum atomic E-state index is -0.931. The fourth-order valence-corrected chi connectivity index (χ4v) is 6.50. The second-order valence-electron chi connectivity index (χ2n) is 12.1. The van der Waals surface area contributed by atoms with E-state index in [9.17, 15) is 19.2 Å². The Morgan fingerprint density at radius 2 is 1.60 bits per heavy atom. The molecule has 0 saturated carbocycles. The molecule has 1 atom stereocenters. The van der Waals surface area contributed by atoms with Gasteiger partial charge in [-0.2, -0.15) is 0 Å². The maximum absolute atomic E-state index is 14.0. The average Bonchev–Trinajstić information content (AvgIpc) is 3.12. The van der Waals surface area contributed by atoms with E-state index in [0.29, 0.717) is 54.5 Å². The Morgan fingerprint density at radius 3 is 2.33 bits per heavy atom. The monoisotopic (exact) mass is 670 g/mol. The molecule has 250 valence electrons. The van der Waals surface area contributed by atoms with Crippen LogP contribution in [0, 0.1) is 0 Å². The number of ether oxygens (including phenoxy) is 1. The number of carbonyl (C=O) groups is 3. The molecule has 1 aromatic heterocycles. The van der Waals surface area contributed by atoms with Crippen LogP contribution in [-0.4, -0.2) is 79.4 Å². The number of piperazine rings is 1. The molecular weight excluding hydrogens is 632 g/mol. The van der Waals surface area contributed by atoms with Gasteiger partial charge in [-0.25, -0.2) is 0 Å². The fourth-order valence-electron chi connectivity index (χ4n) is 6.38. The lowest BCUT2D eigenvalue weighted by atomic mass is 10.0. The zero-order valence-corrected chi connectivity index (χ0v) is 27.7. The molecule has 1 N–H and O–H groups in total. The van der Waals surface area contributed by atoms with Crippen molar-refractivity contribution in [1.29, 1.82) is 0 Å². The van der Waals surface area contributed by atoms with Gasteiger partial charge in [-0.05, 0) is 74.2 Å². The minimum absolute atomic E-state index is 0.0459. The standard InChI is InChI=1S/C37H39ClN4O6/c1-2-47-27-14-15-33-29(23-27)32(43)24-34(48-33)35(44)39-30(22-25-10-12-26(38)13-11-25)37(46)42-20-18-40(19-21-42)31-9-5-4-8-28(31)36(45)41-16-6-3-7-17-41/h4-5,8-15,23-24,30H,2-3,6-7,16-22H2,1H3,(H,39,44)/t30-/m1/s1. The highest BCUT2D eigenvalue weighted by Crippen LogP contribution is 2.26. The number of rotatable bonds is 9. The van der Waals surface area contributed by atoms with Crippen molar-refractivity contribution in [3.05, 3.63) is 105 Å². The first-order valence-electron chi connectivity index (χ1n) is 16.5. The summed E-state index contributed by atoms with van der Waals surface area (Å²) in [7, 11) is 0. The third kappa shape index (κ3) is 7.49. The topological polar surface area (TPSA) is 112 Å². The molecule has 0 spiro atoms. The molecule has 2 aliphatic rings. The minimum Gasteiger partial charge on any atom is -0.494 e. The van der Waals surface area contributed by atoms with Crippen LogP contribution in [0.5, 0.6) is 5.75 Å². The number of nitrogens with zero attached hydrogens (tertiary/aromatic N) is 3. The van der Waals surface area contributed by atoms with Crippen molar-refractivity contribution in [3.63, 3.8) is 0 Å². The fraction of sp³-hybridized carbons (Fsp3) is 0.351. The van der Waals surface area contributed by atoms with Crippen LogP contribution in [0.25, 0.3) is 11.0 Å². The number of nitrogens with one attached hydrogen (secondary N) is 1. The Bertz CT molecular complexity index is 1850. The summed E-state index contributed by atoms with van der Waals surface area (Å²) in [4.78, 5) is 59.7. The lowest BCUT2D eigenvalue weighted by molar-refractivity contribution is -0.133. The van der Waals surface area contributed by atoms with Crippen LogP contribution >= 0.6 is 11.6 Å². The largest absolute Gasteiger partial charge is 0.494 e. The first-order valence-corrected chi connectivity index (χ1v) is 16.9. The molecule has 0 bridgehead atoms. The lowest BCUT2D eigenvalue weighted by Gasteiger charge is -2.38. The highest BCUT2D eigenvalue weighted by Gasteiger charge is 2.31. The van der Waals surface area contributed by atoms with E-state index in [1.165, 1.54) is 0 Å². The van der Waals surface area contributed by atoms with Crippen LogP contribution in [0.15, 0.2) is 82.0 Å². The van der Waals surface area contributed by atoms with Crippen LogP contribution < -0.4 is 20.4 Å². The molecule has 6 rings (SSSR count). The van der Waals surface area contributed by atoms with Crippen LogP contribution in [0.3, 0.4) is 0 Å². The maximum Gasteiger partial charge on any atom is 0.287 e. The molecule has 10 nitrogen and oxygen atoms in total. The molecule has 2 aliphatic heterocycles. The number of amides is 3. The number of carbonyl (C=O) groups excluding carboxylic acids is 3. The molecule has 11 heteroatoms. The average molecular weight is 671 g/mol. The van der Waals surface area contributed by atoms with E-state index in [2.05, 4.69) is 10.2 Å². The molecule has 0 radical (unpaired) electrons. The summed E-state index contributed by atoms with van der Waals surface area (Å²) in [6.45, 7) is 5.71. The normalized spacial score (nSPS) is 15.7. The van der Waals surface area contributed by atoms with E-state index in [1.54, 1.807) is 35.2 Å². The van der Waals surface area contributed by atoms with Gasteiger partial charge in [-0.3, -0.25) is 19.2 Å². The molecule has 48 heavy (non-hydrogen) atoms. The summed E-state index contributed by atoms with van der Waals surface area (Å²) in [5.74, 6) is -0.533. The number of likely N-dealkylation sites (tertiary alicyclic amines) is 1. The van der Waals surface area contributed by atoms with Crippen LogP contribution in [0.1, 0.15) is 52.7 Å². The molecule has 3 heterocycles. The second kappa shape index (κ2) is 14.9. The first kappa shape index (κ1) is 33.1. The first-order chi connectivity index (χ1) is 23.3. The summed E-state index contributed by atoms with van der Waals surface area (Å²) < 4.78 is 11.3. The van der Waals surface area contributed by atoms with Gasteiger partial charge in [0.25, 0.3) is 11.8 Å². The summed E-state index contributed by atoms with van der Waals surface area (Å²) in [5.41, 5.74) is 2.21. The predicted molar refractivity (Wildman–Crippen MR) is 185 cm³/mol. The number of halogens is 1. The van der Waals surface area contributed by atoms with Crippen molar-refractivity contribution in [1.82, 2.24) is 15.1 Å². The Balaban J connectivity index is 1.18. The zero-order chi connectivity index (χ0) is 33.6. The van der Waals surface area contributed by atoms with Crippen molar-refractivity contribution in [2.75, 3.05) is 50.8 Å². The number of hydrogen-bond acceptors (Lipinski definition) is 7. The van der Waals surface area contributed by atoms with Gasteiger partial charge in [0.15, 0.2) is 11.2 Å². The molecule has 3 amide bonds. The highest BCUT2D eigenvalue weighted by molar-refractivity contribution is 6.30. The van der Waals surface area contributed by atoms with E-state index in [1.807, 2.05) is 48.2 Å². The number of piperidine rings is 1.